The Hall–Kier alpha value is -3.61. The van der Waals surface area contributed by atoms with E-state index >= 15 is 0 Å². The molecule has 7 nitrogen and oxygen atoms in total. The first-order chi connectivity index (χ1) is 13.2. The number of aromatic nitrogens is 2. The lowest BCUT2D eigenvalue weighted by Gasteiger charge is -2.10. The number of carbonyl (C=O) groups is 1. The number of benzene rings is 2. The van der Waals surface area contributed by atoms with Gasteiger partial charge >= 0.3 is 0 Å². The number of anilines is 3. The lowest BCUT2D eigenvalue weighted by Crippen LogP contribution is -2.13. The Morgan fingerprint density at radius 1 is 1.04 bits per heavy atom. The number of carbonyl (C=O) groups excluding carboxylic acids is 1. The van der Waals surface area contributed by atoms with Gasteiger partial charge in [0.2, 0.25) is 5.95 Å². The Labute approximate surface area is 157 Å². The largest absolute Gasteiger partial charge is 0.495 e. The van der Waals surface area contributed by atoms with Crippen molar-refractivity contribution >= 4 is 23.2 Å². The van der Waals surface area contributed by atoms with Gasteiger partial charge in [0.25, 0.3) is 5.91 Å². The van der Waals surface area contributed by atoms with Crippen LogP contribution in [0, 0.1) is 0 Å². The van der Waals surface area contributed by atoms with Crippen molar-refractivity contribution in [2.24, 2.45) is 0 Å². The van der Waals surface area contributed by atoms with E-state index in [2.05, 4.69) is 20.6 Å². The van der Waals surface area contributed by atoms with Crippen LogP contribution in [-0.2, 0) is 0 Å². The molecule has 3 rings (SSSR count). The summed E-state index contributed by atoms with van der Waals surface area (Å²) in [6, 6.07) is 14.7. The van der Waals surface area contributed by atoms with Gasteiger partial charge in [-0.25, -0.2) is 9.97 Å². The minimum atomic E-state index is -0.313. The van der Waals surface area contributed by atoms with Crippen molar-refractivity contribution < 1.29 is 14.3 Å². The zero-order valence-electron chi connectivity index (χ0n) is 15.1. The smallest absolute Gasteiger partial charge is 0.258 e. The van der Waals surface area contributed by atoms with Crippen LogP contribution in [0.25, 0.3) is 0 Å². The Kier molecular flexibility index (Phi) is 5.84. The molecule has 0 aliphatic heterocycles. The van der Waals surface area contributed by atoms with Gasteiger partial charge in [-0.3, -0.25) is 4.79 Å². The number of rotatable bonds is 7. The molecule has 0 aliphatic carbocycles. The van der Waals surface area contributed by atoms with Gasteiger partial charge in [0.05, 0.1) is 25.0 Å². The number of para-hydroxylation sites is 2. The fourth-order valence-electron chi connectivity index (χ4n) is 2.38. The van der Waals surface area contributed by atoms with Crippen LogP contribution in [0.1, 0.15) is 17.3 Å². The summed E-state index contributed by atoms with van der Waals surface area (Å²) >= 11 is 0. The first-order valence-electron chi connectivity index (χ1n) is 8.46. The second-order valence-corrected chi connectivity index (χ2v) is 5.53. The fraction of sp³-hybridized carbons (Fsp3) is 0.150. The van der Waals surface area contributed by atoms with E-state index in [1.807, 2.05) is 43.3 Å². The predicted molar refractivity (Wildman–Crippen MR) is 104 cm³/mol. The third kappa shape index (κ3) is 4.72. The van der Waals surface area contributed by atoms with Crippen molar-refractivity contribution in [2.75, 3.05) is 24.4 Å². The molecule has 1 aromatic heterocycles. The number of nitrogens with zero attached hydrogens (tertiary/aromatic N) is 2. The number of methoxy groups -OCH3 is 1. The van der Waals surface area contributed by atoms with Gasteiger partial charge < -0.3 is 20.1 Å². The molecule has 138 valence electrons. The molecule has 0 aliphatic rings. The maximum absolute atomic E-state index is 12.4. The number of hydrogen-bond donors (Lipinski definition) is 2. The van der Waals surface area contributed by atoms with Crippen LogP contribution in [0.4, 0.5) is 17.3 Å². The van der Waals surface area contributed by atoms with E-state index in [0.29, 0.717) is 29.6 Å². The third-order valence-corrected chi connectivity index (χ3v) is 3.69. The van der Waals surface area contributed by atoms with E-state index < -0.39 is 0 Å². The minimum Gasteiger partial charge on any atom is -0.495 e. The van der Waals surface area contributed by atoms with Gasteiger partial charge in [0, 0.05) is 18.1 Å². The lowest BCUT2D eigenvalue weighted by molar-refractivity contribution is 0.102. The summed E-state index contributed by atoms with van der Waals surface area (Å²) in [5.41, 5.74) is 1.75. The lowest BCUT2D eigenvalue weighted by atomic mass is 10.2. The highest BCUT2D eigenvalue weighted by atomic mass is 16.5. The second kappa shape index (κ2) is 8.66. The molecule has 27 heavy (non-hydrogen) atoms. The summed E-state index contributed by atoms with van der Waals surface area (Å²) in [6.07, 6.45) is 2.93. The van der Waals surface area contributed by atoms with E-state index in [4.69, 9.17) is 9.47 Å². The van der Waals surface area contributed by atoms with Crippen molar-refractivity contribution in [3.05, 3.63) is 66.5 Å². The summed E-state index contributed by atoms with van der Waals surface area (Å²) in [5, 5.41) is 5.86. The van der Waals surface area contributed by atoms with Crippen LogP contribution in [-0.4, -0.2) is 29.6 Å². The van der Waals surface area contributed by atoms with Crippen molar-refractivity contribution in [2.45, 2.75) is 6.92 Å². The number of ether oxygens (including phenoxy) is 2. The van der Waals surface area contributed by atoms with E-state index in [9.17, 15) is 4.79 Å². The monoisotopic (exact) mass is 364 g/mol. The van der Waals surface area contributed by atoms with Crippen LogP contribution in [0.2, 0.25) is 0 Å². The van der Waals surface area contributed by atoms with Gasteiger partial charge in [0.15, 0.2) is 0 Å². The molecular formula is C20H20N4O3. The standard InChI is InChI=1S/C20H20N4O3/c1-3-27-16-10-8-15(9-11-16)23-20-21-12-14(13-22-20)19(25)24-17-6-4-5-7-18(17)26-2/h4-13H,3H2,1-2H3,(H,24,25)(H,21,22,23). The molecule has 0 radical (unpaired) electrons. The summed E-state index contributed by atoms with van der Waals surface area (Å²) in [7, 11) is 1.55. The van der Waals surface area contributed by atoms with Gasteiger partial charge in [-0.1, -0.05) is 12.1 Å². The van der Waals surface area contributed by atoms with Crippen molar-refractivity contribution in [1.29, 1.82) is 0 Å². The number of hydrogen-bond acceptors (Lipinski definition) is 6. The first kappa shape index (κ1) is 18.2. The summed E-state index contributed by atoms with van der Waals surface area (Å²) in [5.74, 6) is 1.47. The fourth-order valence-corrected chi connectivity index (χ4v) is 2.38. The highest BCUT2D eigenvalue weighted by molar-refractivity contribution is 6.04. The maximum Gasteiger partial charge on any atom is 0.258 e. The molecule has 0 unspecified atom stereocenters. The maximum atomic E-state index is 12.4. The summed E-state index contributed by atoms with van der Waals surface area (Å²) in [4.78, 5) is 20.8. The zero-order chi connectivity index (χ0) is 19.1. The average molecular weight is 364 g/mol. The number of amides is 1. The quantitative estimate of drug-likeness (QED) is 0.662. The molecule has 1 heterocycles. The molecule has 0 fully saturated rings. The predicted octanol–water partition coefficient (Wildman–Crippen LogP) is 3.88. The zero-order valence-corrected chi connectivity index (χ0v) is 15.1. The van der Waals surface area contributed by atoms with E-state index in [0.717, 1.165) is 11.4 Å². The summed E-state index contributed by atoms with van der Waals surface area (Å²) < 4.78 is 10.6. The van der Waals surface area contributed by atoms with Crippen LogP contribution in [0.5, 0.6) is 11.5 Å². The third-order valence-electron chi connectivity index (χ3n) is 3.69. The second-order valence-electron chi connectivity index (χ2n) is 5.53. The molecule has 1 amide bonds. The van der Waals surface area contributed by atoms with Crippen LogP contribution in [0.3, 0.4) is 0 Å². The van der Waals surface area contributed by atoms with Crippen molar-refractivity contribution in [3.63, 3.8) is 0 Å². The van der Waals surface area contributed by atoms with Crippen LogP contribution in [0.15, 0.2) is 60.9 Å². The normalized spacial score (nSPS) is 10.1. The molecule has 0 spiro atoms. The Balaban J connectivity index is 1.65. The van der Waals surface area contributed by atoms with Crippen molar-refractivity contribution in [1.82, 2.24) is 9.97 Å². The van der Waals surface area contributed by atoms with Gasteiger partial charge in [0.1, 0.15) is 11.5 Å². The van der Waals surface area contributed by atoms with Crippen molar-refractivity contribution in [3.8, 4) is 11.5 Å². The Bertz CT molecular complexity index is 896. The number of nitrogens with one attached hydrogen (secondary N) is 2. The van der Waals surface area contributed by atoms with Gasteiger partial charge in [-0.05, 0) is 43.3 Å². The molecule has 0 atom stereocenters. The topological polar surface area (TPSA) is 85.4 Å². The highest BCUT2D eigenvalue weighted by Gasteiger charge is 2.10. The average Bonchev–Trinajstić information content (AvgIpc) is 2.70. The molecule has 2 aromatic carbocycles. The van der Waals surface area contributed by atoms with Crippen LogP contribution >= 0.6 is 0 Å². The molecule has 2 N–H and O–H groups in total. The van der Waals surface area contributed by atoms with E-state index in [-0.39, 0.29) is 5.91 Å². The molecule has 0 bridgehead atoms. The van der Waals surface area contributed by atoms with E-state index in [1.165, 1.54) is 12.4 Å². The SMILES string of the molecule is CCOc1ccc(Nc2ncc(C(=O)Nc3ccccc3OC)cn2)cc1. The highest BCUT2D eigenvalue weighted by Crippen LogP contribution is 2.23. The Morgan fingerprint density at radius 2 is 1.74 bits per heavy atom. The Morgan fingerprint density at radius 3 is 2.41 bits per heavy atom. The molecule has 0 saturated heterocycles. The summed E-state index contributed by atoms with van der Waals surface area (Å²) in [6.45, 7) is 2.56. The minimum absolute atomic E-state index is 0.313. The first-order valence-corrected chi connectivity index (χ1v) is 8.46. The molecule has 7 heteroatoms. The van der Waals surface area contributed by atoms with Gasteiger partial charge in [-0.2, -0.15) is 0 Å². The van der Waals surface area contributed by atoms with Crippen LogP contribution < -0.4 is 20.1 Å². The molecular weight excluding hydrogens is 344 g/mol. The molecule has 3 aromatic rings. The van der Waals surface area contributed by atoms with Gasteiger partial charge in [-0.15, -0.1) is 0 Å². The molecule has 0 saturated carbocycles. The van der Waals surface area contributed by atoms with E-state index in [1.54, 1.807) is 19.2 Å².